The molecule has 2 aliphatic carbocycles. The molecule has 5 aliphatic rings. The monoisotopic (exact) mass is 1030 g/mol. The number of anilines is 6. The summed E-state index contributed by atoms with van der Waals surface area (Å²) in [6.45, 7) is 29.4. The van der Waals surface area contributed by atoms with E-state index in [9.17, 15) is 0 Å². The van der Waals surface area contributed by atoms with Crippen LogP contribution in [0.15, 0.2) is 183 Å². The summed E-state index contributed by atoms with van der Waals surface area (Å²) in [7, 11) is -1.90. The van der Waals surface area contributed by atoms with Crippen LogP contribution < -0.4 is 25.5 Å². The van der Waals surface area contributed by atoms with Crippen LogP contribution in [-0.2, 0) is 27.1 Å². The first-order valence-corrected chi connectivity index (χ1v) is 30.5. The summed E-state index contributed by atoms with van der Waals surface area (Å²) in [5.41, 5.74) is 22.2. The molecule has 4 heterocycles. The summed E-state index contributed by atoms with van der Waals surface area (Å²) in [5.74, 6) is 0. The van der Waals surface area contributed by atoms with Gasteiger partial charge in [-0.15, -0.1) is 21.4 Å². The van der Waals surface area contributed by atoms with Gasteiger partial charge in [0.25, 0.3) is 6.71 Å². The topological polar surface area (TPSA) is 6.48 Å². The molecule has 3 aliphatic heterocycles. The van der Waals surface area contributed by atoms with E-state index in [0.29, 0.717) is 0 Å². The van der Waals surface area contributed by atoms with Gasteiger partial charge < -0.3 is 9.80 Å². The molecular formula is C71H71BN2S2. The first-order valence-electron chi connectivity index (χ1n) is 28.0. The maximum Gasteiger partial charge on any atom is 0.264 e. The number of benzene rings is 8. The van der Waals surface area contributed by atoms with Crippen molar-refractivity contribution < 1.29 is 0 Å². The third kappa shape index (κ3) is 6.67. The van der Waals surface area contributed by atoms with Gasteiger partial charge in [-0.25, -0.2) is 0 Å². The Morgan fingerprint density at radius 2 is 1.07 bits per heavy atom. The van der Waals surface area contributed by atoms with Gasteiger partial charge in [-0.3, -0.25) is 0 Å². The summed E-state index contributed by atoms with van der Waals surface area (Å²) in [4.78, 5) is 11.1. The number of aryl methyl sites for hydroxylation is 1. The van der Waals surface area contributed by atoms with Crippen LogP contribution in [0, 0.1) is 6.92 Å². The van der Waals surface area contributed by atoms with Crippen LogP contribution in [0.2, 0.25) is 0 Å². The van der Waals surface area contributed by atoms with Crippen molar-refractivity contribution in [2.45, 2.75) is 155 Å². The fourth-order valence-corrected chi connectivity index (χ4v) is 20.1. The lowest BCUT2D eigenvalue weighted by Gasteiger charge is -2.47. The highest BCUT2D eigenvalue weighted by atomic mass is 32.3. The highest BCUT2D eigenvalue weighted by Crippen LogP contribution is 2.81. The van der Waals surface area contributed by atoms with Crippen molar-refractivity contribution in [2.24, 2.45) is 0 Å². The first kappa shape index (κ1) is 48.1. The summed E-state index contributed by atoms with van der Waals surface area (Å²) < 4.78 is 2.79. The average molecular weight is 1030 g/mol. The van der Waals surface area contributed by atoms with Crippen molar-refractivity contribution in [3.8, 4) is 11.1 Å². The zero-order chi connectivity index (χ0) is 52.6. The molecule has 0 atom stereocenters. The van der Waals surface area contributed by atoms with Gasteiger partial charge in [0.05, 0.1) is 11.4 Å². The molecule has 1 aromatic heterocycles. The molecule has 380 valence electrons. The minimum absolute atomic E-state index is 0.0279. The Morgan fingerprint density at radius 1 is 0.500 bits per heavy atom. The van der Waals surface area contributed by atoms with Crippen molar-refractivity contribution in [3.63, 3.8) is 0 Å². The Kier molecular flexibility index (Phi) is 10.2. The SMILES string of the molecule is Cc1cc2c3c(c1)N(c1cccc4c1-c1ccccc1S4(c1ccccc1)c1ccccc1)c1c(sc4ccc(C(C)(C)C)cc14)B3c1cc3c(cc1N2c1ccc2c(c1)C(C)(C)CCC2(C)C)C(C)(C)CCC3(C)C. The van der Waals surface area contributed by atoms with E-state index < -0.39 is 10.0 Å². The lowest BCUT2D eigenvalue weighted by Crippen LogP contribution is -2.61. The van der Waals surface area contributed by atoms with Crippen LogP contribution in [0.3, 0.4) is 0 Å². The highest BCUT2D eigenvalue weighted by Gasteiger charge is 2.50. The minimum Gasteiger partial charge on any atom is -0.311 e. The number of fused-ring (bicyclic) bond motifs is 11. The Morgan fingerprint density at radius 3 is 1.71 bits per heavy atom. The second kappa shape index (κ2) is 16.2. The standard InChI is InChI=1S/C71H71BN2S2/c1-44-38-58-64-59(39-44)74(56-27-21-29-62-63(56)49-26-19-20-28-61(49)76(62,47-22-15-13-16-23-47)48-24-17-14-18-25-48)65-50-40-45(67(2,3)4)30-33-60(50)75-66(65)72(64)55-42-53-54(71(11,12)37-36-70(53,9)10)43-57(55)73(58)46-31-32-51-52(41-46)69(7,8)35-34-68(51,5)6/h13-33,38-43H,34-37H2,1-12H3. The van der Waals surface area contributed by atoms with E-state index >= 15 is 0 Å². The van der Waals surface area contributed by atoms with Gasteiger partial charge in [-0.05, 0) is 194 Å². The maximum absolute atomic E-state index is 2.77. The van der Waals surface area contributed by atoms with Crippen molar-refractivity contribution in [1.29, 1.82) is 0 Å². The molecule has 0 N–H and O–H groups in total. The average Bonchev–Trinajstić information content (AvgIpc) is 3.94. The van der Waals surface area contributed by atoms with E-state index in [4.69, 9.17) is 0 Å². The fourth-order valence-electron chi connectivity index (χ4n) is 14.6. The van der Waals surface area contributed by atoms with Crippen molar-refractivity contribution >= 4 is 88.0 Å². The second-order valence-electron chi connectivity index (χ2n) is 26.7. The Hall–Kier alpha value is -6.27. The maximum atomic E-state index is 2.77. The van der Waals surface area contributed by atoms with Gasteiger partial charge in [0.2, 0.25) is 0 Å². The van der Waals surface area contributed by atoms with E-state index in [1.165, 1.54) is 150 Å². The van der Waals surface area contributed by atoms with Crippen LogP contribution >= 0.6 is 21.4 Å². The zero-order valence-electron chi connectivity index (χ0n) is 46.7. The molecule has 9 aromatic rings. The molecule has 0 bridgehead atoms. The van der Waals surface area contributed by atoms with Gasteiger partial charge in [-0.2, -0.15) is 0 Å². The lowest BCUT2D eigenvalue weighted by molar-refractivity contribution is 0.332. The molecular weight excluding hydrogens is 956 g/mol. The molecule has 0 amide bonds. The summed E-state index contributed by atoms with van der Waals surface area (Å²) in [6, 6.07) is 65.1. The third-order valence-electron chi connectivity index (χ3n) is 19.0. The fraction of sp³-hybridized carbons (Fsp3) is 0.296. The van der Waals surface area contributed by atoms with Crippen LogP contribution in [0.1, 0.15) is 135 Å². The third-order valence-corrected chi connectivity index (χ3v) is 24.2. The highest BCUT2D eigenvalue weighted by molar-refractivity contribution is 8.34. The molecule has 0 saturated heterocycles. The molecule has 8 aromatic carbocycles. The van der Waals surface area contributed by atoms with Gasteiger partial charge >= 0.3 is 0 Å². The summed E-state index contributed by atoms with van der Waals surface area (Å²) >= 11 is 2.03. The number of nitrogens with zero attached hydrogens (tertiary/aromatic N) is 2. The number of rotatable bonds is 4. The van der Waals surface area contributed by atoms with Gasteiger partial charge in [-0.1, -0.05) is 155 Å². The van der Waals surface area contributed by atoms with Crippen molar-refractivity contribution in [1.82, 2.24) is 0 Å². The molecule has 0 saturated carbocycles. The molecule has 0 radical (unpaired) electrons. The number of thiophene rings is 1. The van der Waals surface area contributed by atoms with E-state index in [-0.39, 0.29) is 33.8 Å². The Labute approximate surface area is 458 Å². The molecule has 5 heteroatoms. The molecule has 14 rings (SSSR count). The quantitative estimate of drug-likeness (QED) is 0.162. The molecule has 2 nitrogen and oxygen atoms in total. The van der Waals surface area contributed by atoms with Crippen molar-refractivity contribution in [3.05, 3.63) is 197 Å². The second-order valence-corrected chi connectivity index (χ2v) is 30.8. The largest absolute Gasteiger partial charge is 0.311 e. The number of hydrogen-bond donors (Lipinski definition) is 0. The van der Waals surface area contributed by atoms with E-state index in [2.05, 4.69) is 257 Å². The van der Waals surface area contributed by atoms with E-state index in [0.717, 1.165) is 0 Å². The van der Waals surface area contributed by atoms with Crippen LogP contribution in [0.4, 0.5) is 34.1 Å². The number of hydrogen-bond acceptors (Lipinski definition) is 3. The summed E-state index contributed by atoms with van der Waals surface area (Å²) in [6.07, 6.45) is 4.71. The molecule has 0 fully saturated rings. The van der Waals surface area contributed by atoms with Crippen LogP contribution in [0.25, 0.3) is 21.2 Å². The predicted octanol–water partition coefficient (Wildman–Crippen LogP) is 18.6. The molecule has 76 heavy (non-hydrogen) atoms. The van der Waals surface area contributed by atoms with Gasteiger partial charge in [0.1, 0.15) is 0 Å². The van der Waals surface area contributed by atoms with Gasteiger partial charge in [0, 0.05) is 62.8 Å². The van der Waals surface area contributed by atoms with E-state index in [1.54, 1.807) is 0 Å². The first-order chi connectivity index (χ1) is 36.2. The normalized spacial score (nSPS) is 18.9. The minimum atomic E-state index is -1.90. The van der Waals surface area contributed by atoms with Crippen LogP contribution in [0.5, 0.6) is 0 Å². The smallest absolute Gasteiger partial charge is 0.264 e. The molecule has 0 spiro atoms. The Balaban J connectivity index is 1.12. The molecule has 0 unspecified atom stereocenters. The summed E-state index contributed by atoms with van der Waals surface area (Å²) in [5, 5.41) is 1.35. The van der Waals surface area contributed by atoms with Crippen molar-refractivity contribution in [2.75, 3.05) is 9.80 Å². The lowest BCUT2D eigenvalue weighted by atomic mass is 9.35. The zero-order valence-corrected chi connectivity index (χ0v) is 48.3. The van der Waals surface area contributed by atoms with Gasteiger partial charge in [0.15, 0.2) is 0 Å². The van der Waals surface area contributed by atoms with Crippen LogP contribution in [-0.4, -0.2) is 6.71 Å². The Bertz CT molecular complexity index is 3870. The van der Waals surface area contributed by atoms with E-state index in [1.807, 2.05) is 11.3 Å². The predicted molar refractivity (Wildman–Crippen MR) is 329 cm³/mol.